The van der Waals surface area contributed by atoms with E-state index in [0.717, 1.165) is 69.3 Å². The predicted octanol–water partition coefficient (Wildman–Crippen LogP) is 4.85. The van der Waals surface area contributed by atoms with Crippen molar-refractivity contribution in [1.29, 1.82) is 0 Å². The molecule has 0 bridgehead atoms. The van der Waals surface area contributed by atoms with E-state index < -0.39 is 5.97 Å². The lowest BCUT2D eigenvalue weighted by Gasteiger charge is -2.20. The van der Waals surface area contributed by atoms with Crippen molar-refractivity contribution in [2.75, 3.05) is 11.9 Å². The van der Waals surface area contributed by atoms with Crippen LogP contribution in [-0.4, -0.2) is 32.6 Å². The standard InChI is InChI=1S/C24H34N4O2/c1-3-18-13-20-10-8-12-25-24(20)28-22(18)11-7-5-4-6-9-19(14-23(29)30)21-15-26-17(2)27-16-21/h13,15-16,19H,3-12,14H2,1-2H3,(H,25,28)(H,29,30)/t19-/m0/s1. The number of carbonyl (C=O) groups is 1. The highest BCUT2D eigenvalue weighted by Gasteiger charge is 2.17. The molecular formula is C24H34N4O2. The summed E-state index contributed by atoms with van der Waals surface area (Å²) >= 11 is 0. The molecule has 6 nitrogen and oxygen atoms in total. The van der Waals surface area contributed by atoms with Gasteiger partial charge in [0.05, 0.1) is 6.42 Å². The van der Waals surface area contributed by atoms with Gasteiger partial charge >= 0.3 is 5.97 Å². The average molecular weight is 411 g/mol. The Kier molecular flexibility index (Phi) is 8.17. The number of carboxylic acid groups (broad SMARTS) is 1. The van der Waals surface area contributed by atoms with Crippen LogP contribution in [-0.2, 0) is 24.1 Å². The number of anilines is 1. The lowest BCUT2D eigenvalue weighted by Crippen LogP contribution is -2.15. The number of aliphatic carboxylic acids is 1. The summed E-state index contributed by atoms with van der Waals surface area (Å²) in [5, 5.41) is 12.7. The van der Waals surface area contributed by atoms with Gasteiger partial charge in [-0.25, -0.2) is 15.0 Å². The number of rotatable bonds is 11. The van der Waals surface area contributed by atoms with Crippen LogP contribution in [0.25, 0.3) is 0 Å². The highest BCUT2D eigenvalue weighted by molar-refractivity contribution is 5.68. The summed E-state index contributed by atoms with van der Waals surface area (Å²) in [7, 11) is 0. The first-order valence-corrected chi connectivity index (χ1v) is 11.3. The van der Waals surface area contributed by atoms with Gasteiger partial charge in [-0.2, -0.15) is 0 Å². The highest BCUT2D eigenvalue weighted by atomic mass is 16.4. The van der Waals surface area contributed by atoms with Crippen LogP contribution in [0, 0.1) is 6.92 Å². The van der Waals surface area contributed by atoms with E-state index in [4.69, 9.17) is 4.98 Å². The highest BCUT2D eigenvalue weighted by Crippen LogP contribution is 2.27. The smallest absolute Gasteiger partial charge is 0.303 e. The molecule has 0 amide bonds. The minimum atomic E-state index is -0.764. The van der Waals surface area contributed by atoms with Crippen LogP contribution in [0.5, 0.6) is 0 Å². The maximum Gasteiger partial charge on any atom is 0.303 e. The van der Waals surface area contributed by atoms with Gasteiger partial charge < -0.3 is 10.4 Å². The van der Waals surface area contributed by atoms with Gasteiger partial charge in [0.1, 0.15) is 11.6 Å². The Morgan fingerprint density at radius 2 is 1.97 bits per heavy atom. The molecule has 2 aromatic heterocycles. The maximum atomic E-state index is 11.3. The van der Waals surface area contributed by atoms with Crippen LogP contribution in [0.2, 0.25) is 0 Å². The van der Waals surface area contributed by atoms with Gasteiger partial charge in [0.25, 0.3) is 0 Å². The number of hydrogen-bond acceptors (Lipinski definition) is 5. The van der Waals surface area contributed by atoms with Gasteiger partial charge in [0, 0.05) is 24.6 Å². The van der Waals surface area contributed by atoms with Crippen LogP contribution in [0.3, 0.4) is 0 Å². The zero-order valence-electron chi connectivity index (χ0n) is 18.3. The number of unbranched alkanes of at least 4 members (excludes halogenated alkanes) is 3. The van der Waals surface area contributed by atoms with Crippen molar-refractivity contribution in [2.24, 2.45) is 0 Å². The Balaban J connectivity index is 1.46. The molecule has 0 unspecified atom stereocenters. The van der Waals surface area contributed by atoms with E-state index in [0.29, 0.717) is 5.82 Å². The third-order valence-electron chi connectivity index (χ3n) is 5.98. The summed E-state index contributed by atoms with van der Waals surface area (Å²) in [6.07, 6.45) is 13.3. The number of fused-ring (bicyclic) bond motifs is 1. The van der Waals surface area contributed by atoms with Gasteiger partial charge in [0.2, 0.25) is 0 Å². The molecule has 30 heavy (non-hydrogen) atoms. The molecule has 2 aromatic rings. The molecule has 1 atom stereocenters. The van der Waals surface area contributed by atoms with E-state index in [2.05, 4.69) is 28.3 Å². The fourth-order valence-corrected chi connectivity index (χ4v) is 4.24. The topological polar surface area (TPSA) is 88.0 Å². The quantitative estimate of drug-likeness (QED) is 0.515. The van der Waals surface area contributed by atoms with Gasteiger partial charge in [0.15, 0.2) is 0 Å². The van der Waals surface area contributed by atoms with Crippen molar-refractivity contribution in [3.63, 3.8) is 0 Å². The molecule has 2 N–H and O–H groups in total. The van der Waals surface area contributed by atoms with E-state index in [1.165, 1.54) is 23.2 Å². The van der Waals surface area contributed by atoms with E-state index >= 15 is 0 Å². The molecule has 6 heteroatoms. The molecule has 0 radical (unpaired) electrons. The zero-order valence-corrected chi connectivity index (χ0v) is 18.3. The van der Waals surface area contributed by atoms with E-state index in [-0.39, 0.29) is 12.3 Å². The molecule has 3 heterocycles. The number of pyridine rings is 1. The van der Waals surface area contributed by atoms with Crippen molar-refractivity contribution < 1.29 is 9.90 Å². The SMILES string of the molecule is CCc1cc2c(nc1CCCCCC[C@@H](CC(=O)O)c1cnc(C)nc1)NCCC2. The molecule has 162 valence electrons. The number of nitrogens with zero attached hydrogens (tertiary/aromatic N) is 3. The average Bonchev–Trinajstić information content (AvgIpc) is 2.75. The predicted molar refractivity (Wildman–Crippen MR) is 119 cm³/mol. The molecular weight excluding hydrogens is 376 g/mol. The summed E-state index contributed by atoms with van der Waals surface area (Å²) in [6.45, 7) is 5.07. The van der Waals surface area contributed by atoms with Crippen LogP contribution >= 0.6 is 0 Å². The van der Waals surface area contributed by atoms with Crippen LogP contribution in [0.4, 0.5) is 5.82 Å². The Hall–Kier alpha value is -2.50. The number of aryl methyl sites for hydroxylation is 4. The fourth-order valence-electron chi connectivity index (χ4n) is 4.24. The monoisotopic (exact) mass is 410 g/mol. The summed E-state index contributed by atoms with van der Waals surface area (Å²) < 4.78 is 0. The van der Waals surface area contributed by atoms with Crippen LogP contribution in [0.15, 0.2) is 18.5 Å². The van der Waals surface area contributed by atoms with Crippen molar-refractivity contribution in [3.8, 4) is 0 Å². The molecule has 1 aliphatic rings. The second-order valence-electron chi connectivity index (χ2n) is 8.30. The molecule has 0 saturated carbocycles. The molecule has 0 aromatic carbocycles. The first-order chi connectivity index (χ1) is 14.6. The summed E-state index contributed by atoms with van der Waals surface area (Å²) in [5.41, 5.74) is 4.93. The Bertz CT molecular complexity index is 836. The van der Waals surface area contributed by atoms with Crippen molar-refractivity contribution in [2.45, 2.75) is 84.0 Å². The van der Waals surface area contributed by atoms with Crippen LogP contribution < -0.4 is 5.32 Å². The molecule has 0 saturated heterocycles. The molecule has 0 spiro atoms. The number of hydrogen-bond donors (Lipinski definition) is 2. The van der Waals surface area contributed by atoms with Gasteiger partial charge in [-0.15, -0.1) is 0 Å². The fraction of sp³-hybridized carbons (Fsp3) is 0.583. The first-order valence-electron chi connectivity index (χ1n) is 11.3. The molecule has 0 fully saturated rings. The third kappa shape index (κ3) is 6.25. The van der Waals surface area contributed by atoms with Gasteiger partial charge in [-0.05, 0) is 68.1 Å². The molecule has 0 aliphatic carbocycles. The van der Waals surface area contributed by atoms with Crippen LogP contribution in [0.1, 0.15) is 86.0 Å². The Morgan fingerprint density at radius 1 is 1.20 bits per heavy atom. The second-order valence-corrected chi connectivity index (χ2v) is 8.30. The van der Waals surface area contributed by atoms with E-state index in [1.807, 2.05) is 6.92 Å². The Morgan fingerprint density at radius 3 is 2.70 bits per heavy atom. The van der Waals surface area contributed by atoms with E-state index in [1.54, 1.807) is 12.4 Å². The number of carboxylic acids is 1. The second kappa shape index (κ2) is 11.0. The minimum absolute atomic E-state index is 0.0109. The molecule has 3 rings (SSSR count). The van der Waals surface area contributed by atoms with Gasteiger partial charge in [-0.3, -0.25) is 4.79 Å². The summed E-state index contributed by atoms with van der Waals surface area (Å²) in [4.78, 5) is 24.6. The number of aromatic nitrogens is 3. The molecule has 1 aliphatic heterocycles. The first kappa shape index (κ1) is 22.2. The normalized spacial score (nSPS) is 14.1. The minimum Gasteiger partial charge on any atom is -0.481 e. The van der Waals surface area contributed by atoms with Gasteiger partial charge in [-0.1, -0.05) is 32.3 Å². The Labute approximate surface area is 179 Å². The van der Waals surface area contributed by atoms with E-state index in [9.17, 15) is 9.90 Å². The zero-order chi connectivity index (χ0) is 21.3. The maximum absolute atomic E-state index is 11.3. The number of nitrogens with one attached hydrogen (secondary N) is 1. The largest absolute Gasteiger partial charge is 0.481 e. The third-order valence-corrected chi connectivity index (χ3v) is 5.98. The van der Waals surface area contributed by atoms with Crippen molar-refractivity contribution >= 4 is 11.8 Å². The summed E-state index contributed by atoms with van der Waals surface area (Å²) in [6, 6.07) is 2.35. The lowest BCUT2D eigenvalue weighted by atomic mass is 9.92. The lowest BCUT2D eigenvalue weighted by molar-refractivity contribution is -0.137. The van der Waals surface area contributed by atoms with Crippen molar-refractivity contribution in [3.05, 3.63) is 46.7 Å². The van der Waals surface area contributed by atoms with Crippen molar-refractivity contribution in [1.82, 2.24) is 15.0 Å². The summed E-state index contributed by atoms with van der Waals surface area (Å²) in [5.74, 6) is 1.03.